The van der Waals surface area contributed by atoms with Crippen LogP contribution in [0.1, 0.15) is 29.6 Å². The molecule has 1 amide bonds. The van der Waals surface area contributed by atoms with Crippen LogP contribution < -0.4 is 14.8 Å². The number of amides is 1. The molecule has 0 unspecified atom stereocenters. The first-order chi connectivity index (χ1) is 16.4. The number of anilines is 1. The number of rotatable bonds is 7. The molecule has 1 fully saturated rings. The van der Waals surface area contributed by atoms with Crippen LogP contribution in [-0.4, -0.2) is 45.9 Å². The van der Waals surface area contributed by atoms with Crippen molar-refractivity contribution in [3.63, 3.8) is 0 Å². The molecule has 8 heteroatoms. The maximum atomic E-state index is 13.0. The number of piperidine rings is 1. The monoisotopic (exact) mass is 480 g/mol. The highest BCUT2D eigenvalue weighted by molar-refractivity contribution is 7.89. The number of hydrogen-bond acceptors (Lipinski definition) is 5. The summed E-state index contributed by atoms with van der Waals surface area (Å²) in [5, 5.41) is 2.87. The average Bonchev–Trinajstić information content (AvgIpc) is 2.89. The fourth-order valence-electron chi connectivity index (χ4n) is 4.04. The van der Waals surface area contributed by atoms with Crippen LogP contribution in [0, 0.1) is 0 Å². The first kappa shape index (κ1) is 23.8. The lowest BCUT2D eigenvalue weighted by molar-refractivity contribution is 0.102. The topological polar surface area (TPSA) is 84.9 Å². The molecule has 0 spiro atoms. The Labute approximate surface area is 200 Å². The molecule has 0 aromatic heterocycles. The van der Waals surface area contributed by atoms with E-state index in [1.807, 2.05) is 30.3 Å². The van der Waals surface area contributed by atoms with Gasteiger partial charge in [0.1, 0.15) is 11.5 Å². The Morgan fingerprint density at radius 2 is 1.62 bits per heavy atom. The largest absolute Gasteiger partial charge is 0.497 e. The first-order valence-corrected chi connectivity index (χ1v) is 12.6. The zero-order valence-corrected chi connectivity index (χ0v) is 20.1. The summed E-state index contributed by atoms with van der Waals surface area (Å²) >= 11 is 0. The zero-order valence-electron chi connectivity index (χ0n) is 19.3. The predicted molar refractivity (Wildman–Crippen MR) is 132 cm³/mol. The molecule has 0 bridgehead atoms. The van der Waals surface area contributed by atoms with Gasteiger partial charge in [-0.2, -0.15) is 4.31 Å². The zero-order chi connectivity index (χ0) is 24.1. The molecular formula is C26H28N2O5S. The number of carbonyl (C=O) groups excluding carboxylic acids is 1. The Balaban J connectivity index is 1.57. The van der Waals surface area contributed by atoms with E-state index in [-0.39, 0.29) is 16.4 Å². The second-order valence-corrected chi connectivity index (χ2v) is 10.0. The molecule has 1 saturated heterocycles. The second-order valence-electron chi connectivity index (χ2n) is 8.09. The average molecular weight is 481 g/mol. The van der Waals surface area contributed by atoms with E-state index in [1.54, 1.807) is 38.5 Å². The van der Waals surface area contributed by atoms with Crippen molar-refractivity contribution in [1.29, 1.82) is 0 Å². The standard InChI is InChI=1S/C26H28N2O5S/c1-32-22-12-9-19(10-13-22)24-18-21(11-14-25(24)33-2)27-26(29)20-7-6-8-23(17-20)34(30,31)28-15-4-3-5-16-28/h6-14,17-18H,3-5,15-16H2,1-2H3,(H,27,29). The van der Waals surface area contributed by atoms with Gasteiger partial charge in [0.05, 0.1) is 19.1 Å². The summed E-state index contributed by atoms with van der Waals surface area (Å²) in [6, 6.07) is 19.1. The number of nitrogens with zero attached hydrogens (tertiary/aromatic N) is 1. The molecule has 1 heterocycles. The van der Waals surface area contributed by atoms with Gasteiger partial charge in [-0.05, 0) is 66.9 Å². The summed E-state index contributed by atoms with van der Waals surface area (Å²) in [5.41, 5.74) is 2.56. The van der Waals surface area contributed by atoms with Crippen molar-refractivity contribution >= 4 is 21.6 Å². The van der Waals surface area contributed by atoms with E-state index in [1.165, 1.54) is 16.4 Å². The van der Waals surface area contributed by atoms with E-state index < -0.39 is 10.0 Å². The van der Waals surface area contributed by atoms with Crippen molar-refractivity contribution in [2.24, 2.45) is 0 Å². The summed E-state index contributed by atoms with van der Waals surface area (Å²) in [4.78, 5) is 13.1. The van der Waals surface area contributed by atoms with Crippen LogP contribution in [0.15, 0.2) is 71.6 Å². The highest BCUT2D eigenvalue weighted by Gasteiger charge is 2.26. The quantitative estimate of drug-likeness (QED) is 0.525. The van der Waals surface area contributed by atoms with E-state index >= 15 is 0 Å². The van der Waals surface area contributed by atoms with Crippen molar-refractivity contribution in [2.45, 2.75) is 24.2 Å². The van der Waals surface area contributed by atoms with Crippen LogP contribution in [0.4, 0.5) is 5.69 Å². The second kappa shape index (κ2) is 10.3. The summed E-state index contributed by atoms with van der Waals surface area (Å²) in [5.74, 6) is 1.02. The summed E-state index contributed by atoms with van der Waals surface area (Å²) < 4.78 is 38.2. The van der Waals surface area contributed by atoms with Gasteiger partial charge in [-0.15, -0.1) is 0 Å². The lowest BCUT2D eigenvalue weighted by Crippen LogP contribution is -2.35. The number of methoxy groups -OCH3 is 2. The normalized spacial score (nSPS) is 14.4. The first-order valence-electron chi connectivity index (χ1n) is 11.2. The van der Waals surface area contributed by atoms with Gasteiger partial charge in [0.2, 0.25) is 10.0 Å². The van der Waals surface area contributed by atoms with Crippen LogP contribution in [0.5, 0.6) is 11.5 Å². The fourth-order valence-corrected chi connectivity index (χ4v) is 5.60. The molecule has 3 aromatic carbocycles. The molecule has 3 aromatic rings. The van der Waals surface area contributed by atoms with Gasteiger partial charge in [-0.1, -0.05) is 24.6 Å². The highest BCUT2D eigenvalue weighted by Crippen LogP contribution is 2.33. The molecule has 1 aliphatic heterocycles. The number of nitrogens with one attached hydrogen (secondary N) is 1. The van der Waals surface area contributed by atoms with E-state index in [0.717, 1.165) is 36.1 Å². The third kappa shape index (κ3) is 5.08. The lowest BCUT2D eigenvalue weighted by atomic mass is 10.0. The SMILES string of the molecule is COc1ccc(-c2cc(NC(=O)c3cccc(S(=O)(=O)N4CCCCC4)c3)ccc2OC)cc1. The molecule has 0 saturated carbocycles. The highest BCUT2D eigenvalue weighted by atomic mass is 32.2. The van der Waals surface area contributed by atoms with Crippen molar-refractivity contribution in [3.05, 3.63) is 72.3 Å². The van der Waals surface area contributed by atoms with Crippen molar-refractivity contribution in [1.82, 2.24) is 4.31 Å². The van der Waals surface area contributed by atoms with Crippen molar-refractivity contribution in [3.8, 4) is 22.6 Å². The van der Waals surface area contributed by atoms with Gasteiger partial charge in [-0.3, -0.25) is 4.79 Å². The third-order valence-corrected chi connectivity index (χ3v) is 7.80. The van der Waals surface area contributed by atoms with Crippen LogP contribution in [-0.2, 0) is 10.0 Å². The van der Waals surface area contributed by atoms with Gasteiger partial charge in [0.25, 0.3) is 5.91 Å². The smallest absolute Gasteiger partial charge is 0.255 e. The Hall–Kier alpha value is -3.36. The van der Waals surface area contributed by atoms with E-state index in [9.17, 15) is 13.2 Å². The maximum Gasteiger partial charge on any atom is 0.255 e. The van der Waals surface area contributed by atoms with Crippen LogP contribution in [0.2, 0.25) is 0 Å². The molecule has 34 heavy (non-hydrogen) atoms. The molecule has 178 valence electrons. The number of hydrogen-bond donors (Lipinski definition) is 1. The molecule has 4 rings (SSSR count). The van der Waals surface area contributed by atoms with Gasteiger partial charge in [0.15, 0.2) is 0 Å². The number of carbonyl (C=O) groups is 1. The molecule has 0 radical (unpaired) electrons. The third-order valence-electron chi connectivity index (χ3n) is 5.91. The minimum Gasteiger partial charge on any atom is -0.497 e. The minimum atomic E-state index is -3.62. The Morgan fingerprint density at radius 3 is 2.29 bits per heavy atom. The fraction of sp³-hybridized carbons (Fsp3) is 0.269. The van der Waals surface area contributed by atoms with Gasteiger partial charge < -0.3 is 14.8 Å². The number of sulfonamides is 1. The maximum absolute atomic E-state index is 13.0. The molecular weight excluding hydrogens is 452 g/mol. The number of benzene rings is 3. The molecule has 1 N–H and O–H groups in total. The van der Waals surface area contributed by atoms with Crippen molar-refractivity contribution in [2.75, 3.05) is 32.6 Å². The van der Waals surface area contributed by atoms with Gasteiger partial charge >= 0.3 is 0 Å². The summed E-state index contributed by atoms with van der Waals surface area (Å²) in [7, 11) is -0.420. The van der Waals surface area contributed by atoms with Gasteiger partial charge in [-0.25, -0.2) is 8.42 Å². The van der Waals surface area contributed by atoms with E-state index in [4.69, 9.17) is 9.47 Å². The Bertz CT molecular complexity index is 1270. The Kier molecular flexibility index (Phi) is 7.19. The van der Waals surface area contributed by atoms with Crippen LogP contribution in [0.25, 0.3) is 11.1 Å². The Morgan fingerprint density at radius 1 is 0.882 bits per heavy atom. The van der Waals surface area contributed by atoms with Crippen LogP contribution in [0.3, 0.4) is 0 Å². The lowest BCUT2D eigenvalue weighted by Gasteiger charge is -2.26. The molecule has 7 nitrogen and oxygen atoms in total. The van der Waals surface area contributed by atoms with E-state index in [2.05, 4.69) is 5.32 Å². The minimum absolute atomic E-state index is 0.135. The number of ether oxygens (including phenoxy) is 2. The summed E-state index contributed by atoms with van der Waals surface area (Å²) in [6.07, 6.45) is 2.75. The van der Waals surface area contributed by atoms with Crippen LogP contribution >= 0.6 is 0 Å². The molecule has 0 aliphatic carbocycles. The predicted octanol–water partition coefficient (Wildman–Crippen LogP) is 4.80. The van der Waals surface area contributed by atoms with Crippen molar-refractivity contribution < 1.29 is 22.7 Å². The van der Waals surface area contributed by atoms with E-state index in [0.29, 0.717) is 24.5 Å². The molecule has 0 atom stereocenters. The summed E-state index contributed by atoms with van der Waals surface area (Å²) in [6.45, 7) is 1.03. The van der Waals surface area contributed by atoms with Gasteiger partial charge in [0, 0.05) is 29.9 Å². The molecule has 1 aliphatic rings.